The molecule has 0 N–H and O–H groups in total. The van der Waals surface area contributed by atoms with Crippen LogP contribution in [0.5, 0.6) is 0 Å². The van der Waals surface area contributed by atoms with Gasteiger partial charge in [0.25, 0.3) is 0 Å². The van der Waals surface area contributed by atoms with Crippen molar-refractivity contribution in [3.8, 4) is 0 Å². The monoisotopic (exact) mass is 236 g/mol. The maximum Gasteiger partial charge on any atom is 0.143 e. The van der Waals surface area contributed by atoms with E-state index in [4.69, 9.17) is 4.42 Å². The highest BCUT2D eigenvalue weighted by atomic mass is 19.1. The molecule has 0 unspecified atom stereocenters. The summed E-state index contributed by atoms with van der Waals surface area (Å²) in [6, 6.07) is 16.7. The van der Waals surface area contributed by atoms with E-state index >= 15 is 0 Å². The minimum absolute atomic E-state index is 0.240. The Bertz CT molecular complexity index is 889. The quantitative estimate of drug-likeness (QED) is 0.424. The van der Waals surface area contributed by atoms with Gasteiger partial charge in [0.2, 0.25) is 0 Å². The third-order valence-corrected chi connectivity index (χ3v) is 3.32. The molecule has 0 saturated heterocycles. The van der Waals surface area contributed by atoms with Gasteiger partial charge in [-0.3, -0.25) is 0 Å². The molecule has 0 radical (unpaired) electrons. The van der Waals surface area contributed by atoms with Gasteiger partial charge in [-0.05, 0) is 29.7 Å². The SMILES string of the molecule is Fc1ccc2ccc3c4ccccc4oc3c2c1. The predicted molar refractivity (Wildman–Crippen MR) is 71.2 cm³/mol. The van der Waals surface area contributed by atoms with Crippen LogP contribution in [0.4, 0.5) is 4.39 Å². The molecular formula is C16H9FO. The summed E-state index contributed by atoms with van der Waals surface area (Å²) in [7, 11) is 0. The minimum Gasteiger partial charge on any atom is -0.455 e. The normalized spacial score (nSPS) is 11.6. The first-order valence-corrected chi connectivity index (χ1v) is 5.82. The van der Waals surface area contributed by atoms with E-state index in [1.54, 1.807) is 6.07 Å². The zero-order chi connectivity index (χ0) is 12.1. The van der Waals surface area contributed by atoms with Crippen LogP contribution in [0.15, 0.2) is 59.0 Å². The molecule has 86 valence electrons. The Morgan fingerprint density at radius 2 is 1.61 bits per heavy atom. The molecule has 0 spiro atoms. The average Bonchev–Trinajstić information content (AvgIpc) is 2.78. The van der Waals surface area contributed by atoms with Crippen LogP contribution in [-0.4, -0.2) is 0 Å². The van der Waals surface area contributed by atoms with Crippen molar-refractivity contribution in [3.63, 3.8) is 0 Å². The van der Waals surface area contributed by atoms with E-state index in [1.165, 1.54) is 12.1 Å². The molecule has 3 aromatic carbocycles. The molecule has 0 aliphatic rings. The summed E-state index contributed by atoms with van der Waals surface area (Å²) in [6.45, 7) is 0. The maximum absolute atomic E-state index is 13.4. The summed E-state index contributed by atoms with van der Waals surface area (Å²) in [6.07, 6.45) is 0. The van der Waals surface area contributed by atoms with Gasteiger partial charge in [-0.2, -0.15) is 0 Å². The Kier molecular flexibility index (Phi) is 1.78. The van der Waals surface area contributed by atoms with Gasteiger partial charge in [0.05, 0.1) is 0 Å². The molecular weight excluding hydrogens is 227 g/mol. The van der Waals surface area contributed by atoms with E-state index in [0.717, 1.165) is 32.7 Å². The number of fused-ring (bicyclic) bond motifs is 5. The van der Waals surface area contributed by atoms with E-state index in [2.05, 4.69) is 0 Å². The molecule has 0 saturated carbocycles. The first-order valence-electron chi connectivity index (χ1n) is 5.82. The average molecular weight is 236 g/mol. The molecule has 4 rings (SSSR count). The molecule has 0 amide bonds. The first-order chi connectivity index (χ1) is 8.83. The number of para-hydroxylation sites is 1. The van der Waals surface area contributed by atoms with Gasteiger partial charge in [0.1, 0.15) is 17.0 Å². The lowest BCUT2D eigenvalue weighted by Crippen LogP contribution is -1.76. The number of hydrogen-bond donors (Lipinski definition) is 0. The Labute approximate surface area is 102 Å². The molecule has 0 aliphatic carbocycles. The number of benzene rings is 3. The highest BCUT2D eigenvalue weighted by Gasteiger charge is 2.09. The Hall–Kier alpha value is -2.35. The van der Waals surface area contributed by atoms with Crippen LogP contribution in [0.3, 0.4) is 0 Å². The van der Waals surface area contributed by atoms with Gasteiger partial charge in [-0.25, -0.2) is 4.39 Å². The highest BCUT2D eigenvalue weighted by molar-refractivity contribution is 6.14. The minimum atomic E-state index is -0.240. The fraction of sp³-hybridized carbons (Fsp3) is 0. The van der Waals surface area contributed by atoms with Crippen molar-refractivity contribution in [3.05, 3.63) is 60.4 Å². The molecule has 1 heterocycles. The summed E-state index contributed by atoms with van der Waals surface area (Å²) in [5.41, 5.74) is 1.59. The van der Waals surface area contributed by atoms with Crippen LogP contribution in [-0.2, 0) is 0 Å². The van der Waals surface area contributed by atoms with Gasteiger partial charge in [-0.15, -0.1) is 0 Å². The van der Waals surface area contributed by atoms with Crippen molar-refractivity contribution in [1.29, 1.82) is 0 Å². The summed E-state index contributed by atoms with van der Waals surface area (Å²) >= 11 is 0. The standard InChI is InChI=1S/C16H9FO/c17-11-7-5-10-6-8-13-12-3-1-2-4-15(12)18-16(13)14(10)9-11/h1-9H. The number of halogens is 1. The van der Waals surface area contributed by atoms with E-state index in [1.807, 2.05) is 36.4 Å². The lowest BCUT2D eigenvalue weighted by Gasteiger charge is -1.98. The topological polar surface area (TPSA) is 13.1 Å². The largest absolute Gasteiger partial charge is 0.455 e. The smallest absolute Gasteiger partial charge is 0.143 e. The van der Waals surface area contributed by atoms with Gasteiger partial charge in [-0.1, -0.05) is 30.3 Å². The zero-order valence-electron chi connectivity index (χ0n) is 9.48. The van der Waals surface area contributed by atoms with Crippen LogP contribution in [0, 0.1) is 5.82 Å². The van der Waals surface area contributed by atoms with E-state index in [0.29, 0.717) is 0 Å². The molecule has 1 nitrogen and oxygen atoms in total. The molecule has 1 aromatic heterocycles. The van der Waals surface area contributed by atoms with Crippen molar-refractivity contribution < 1.29 is 8.81 Å². The third-order valence-electron chi connectivity index (χ3n) is 3.32. The van der Waals surface area contributed by atoms with Crippen LogP contribution in [0.2, 0.25) is 0 Å². The molecule has 0 atom stereocenters. The summed E-state index contributed by atoms with van der Waals surface area (Å²) in [5, 5.41) is 3.91. The second kappa shape index (κ2) is 3.33. The van der Waals surface area contributed by atoms with E-state index in [-0.39, 0.29) is 5.82 Å². The lowest BCUT2D eigenvalue weighted by molar-refractivity contribution is 0.629. The first kappa shape index (κ1) is 9.66. The number of hydrogen-bond acceptors (Lipinski definition) is 1. The van der Waals surface area contributed by atoms with Crippen molar-refractivity contribution >= 4 is 32.7 Å². The Morgan fingerprint density at radius 3 is 2.56 bits per heavy atom. The predicted octanol–water partition coefficient (Wildman–Crippen LogP) is 4.88. The highest BCUT2D eigenvalue weighted by Crippen LogP contribution is 2.33. The molecule has 0 bridgehead atoms. The lowest BCUT2D eigenvalue weighted by atomic mass is 10.1. The van der Waals surface area contributed by atoms with Gasteiger partial charge < -0.3 is 4.42 Å². The summed E-state index contributed by atoms with van der Waals surface area (Å²) < 4.78 is 19.2. The Balaban J connectivity index is 2.31. The second-order valence-electron chi connectivity index (χ2n) is 4.41. The van der Waals surface area contributed by atoms with E-state index < -0.39 is 0 Å². The van der Waals surface area contributed by atoms with Crippen molar-refractivity contribution in [2.75, 3.05) is 0 Å². The molecule has 4 aromatic rings. The van der Waals surface area contributed by atoms with E-state index in [9.17, 15) is 4.39 Å². The van der Waals surface area contributed by atoms with Crippen LogP contribution in [0.1, 0.15) is 0 Å². The van der Waals surface area contributed by atoms with Crippen LogP contribution >= 0.6 is 0 Å². The Morgan fingerprint density at radius 1 is 0.778 bits per heavy atom. The third kappa shape index (κ3) is 1.20. The number of rotatable bonds is 0. The van der Waals surface area contributed by atoms with Crippen LogP contribution in [0.25, 0.3) is 32.7 Å². The molecule has 2 heteroatoms. The van der Waals surface area contributed by atoms with Crippen LogP contribution < -0.4 is 0 Å². The molecule has 0 fully saturated rings. The fourth-order valence-corrected chi connectivity index (χ4v) is 2.47. The summed E-state index contributed by atoms with van der Waals surface area (Å²) in [5.74, 6) is -0.240. The molecule has 0 aliphatic heterocycles. The van der Waals surface area contributed by atoms with Gasteiger partial charge in [0.15, 0.2) is 0 Å². The summed E-state index contributed by atoms with van der Waals surface area (Å²) in [4.78, 5) is 0. The van der Waals surface area contributed by atoms with Gasteiger partial charge >= 0.3 is 0 Å². The van der Waals surface area contributed by atoms with Crippen molar-refractivity contribution in [2.24, 2.45) is 0 Å². The van der Waals surface area contributed by atoms with Crippen molar-refractivity contribution in [2.45, 2.75) is 0 Å². The fourth-order valence-electron chi connectivity index (χ4n) is 2.47. The van der Waals surface area contributed by atoms with Crippen molar-refractivity contribution in [1.82, 2.24) is 0 Å². The van der Waals surface area contributed by atoms with Gasteiger partial charge in [0, 0.05) is 16.2 Å². The maximum atomic E-state index is 13.4. The second-order valence-corrected chi connectivity index (χ2v) is 4.41. The molecule has 18 heavy (non-hydrogen) atoms. The number of furan rings is 1. The zero-order valence-corrected chi connectivity index (χ0v) is 9.48.